The van der Waals surface area contributed by atoms with Gasteiger partial charge < -0.3 is 14.4 Å². The van der Waals surface area contributed by atoms with E-state index < -0.39 is 0 Å². The van der Waals surface area contributed by atoms with Crippen molar-refractivity contribution in [3.05, 3.63) is 83.9 Å². The van der Waals surface area contributed by atoms with E-state index in [4.69, 9.17) is 9.47 Å². The van der Waals surface area contributed by atoms with Crippen LogP contribution in [0.25, 0.3) is 0 Å². The summed E-state index contributed by atoms with van der Waals surface area (Å²) in [5.41, 5.74) is 5.10. The fourth-order valence-corrected chi connectivity index (χ4v) is 5.07. The maximum absolute atomic E-state index is 6.16. The van der Waals surface area contributed by atoms with Crippen LogP contribution in [0.15, 0.2) is 72.8 Å². The van der Waals surface area contributed by atoms with Gasteiger partial charge in [-0.05, 0) is 74.7 Å². The largest absolute Gasteiger partial charge is 0.497 e. The second-order valence-corrected chi connectivity index (χ2v) is 8.78. The molecule has 3 aromatic carbocycles. The molecule has 1 fully saturated rings. The van der Waals surface area contributed by atoms with Crippen molar-refractivity contribution in [2.45, 2.75) is 38.3 Å². The lowest BCUT2D eigenvalue weighted by Gasteiger charge is -2.32. The molecule has 1 unspecified atom stereocenters. The van der Waals surface area contributed by atoms with Crippen LogP contribution in [0.2, 0.25) is 0 Å². The number of aryl methyl sites for hydroxylation is 1. The van der Waals surface area contributed by atoms with Gasteiger partial charge in [0, 0.05) is 23.8 Å². The van der Waals surface area contributed by atoms with Gasteiger partial charge in [-0.1, -0.05) is 42.5 Å². The summed E-state index contributed by atoms with van der Waals surface area (Å²) in [6, 6.07) is 26.2. The molecule has 3 aromatic rings. The molecular weight excluding hydrogens is 432 g/mol. The Labute approximate surface area is 203 Å². The SMILES string of the molecule is COc1ccc(CCCN2CCCC2CN2c3ccccc3COc3ccccc32)cc1.Cl. The lowest BCUT2D eigenvalue weighted by atomic mass is 10.1. The molecule has 5 rings (SSSR count). The highest BCUT2D eigenvalue weighted by molar-refractivity contribution is 5.85. The van der Waals surface area contributed by atoms with Gasteiger partial charge in [-0.25, -0.2) is 0 Å². The number of nitrogens with zero attached hydrogens (tertiary/aromatic N) is 2. The first kappa shape index (κ1) is 23.5. The van der Waals surface area contributed by atoms with Gasteiger partial charge in [-0.3, -0.25) is 4.90 Å². The Morgan fingerprint density at radius 1 is 0.939 bits per heavy atom. The number of halogens is 1. The zero-order chi connectivity index (χ0) is 21.8. The van der Waals surface area contributed by atoms with E-state index in [2.05, 4.69) is 82.6 Å². The number of hydrogen-bond acceptors (Lipinski definition) is 4. The Bertz CT molecular complexity index is 993. The molecule has 5 heteroatoms. The van der Waals surface area contributed by atoms with Crippen molar-refractivity contribution >= 4 is 23.8 Å². The molecule has 0 N–H and O–H groups in total. The number of methoxy groups -OCH3 is 1. The summed E-state index contributed by atoms with van der Waals surface area (Å²) in [6.45, 7) is 3.96. The maximum atomic E-state index is 6.16. The summed E-state index contributed by atoms with van der Waals surface area (Å²) >= 11 is 0. The maximum Gasteiger partial charge on any atom is 0.143 e. The number of rotatable bonds is 7. The van der Waals surface area contributed by atoms with E-state index in [1.54, 1.807) is 7.11 Å². The predicted octanol–water partition coefficient (Wildman–Crippen LogP) is 6.24. The Hall–Kier alpha value is -2.69. The number of fused-ring (bicyclic) bond motifs is 2. The molecule has 174 valence electrons. The predicted molar refractivity (Wildman–Crippen MR) is 137 cm³/mol. The standard InChI is InChI=1S/C28H32N2O2.ClH/c1-31-25-16-14-22(15-17-25)8-6-18-29-19-7-10-24(29)20-30-26-11-3-2-9-23(26)21-32-28-13-5-4-12-27(28)30;/h2-5,9,11-17,24H,6-8,10,18-21H2,1H3;1H. The Balaban J connectivity index is 0.00000259. The Morgan fingerprint density at radius 3 is 2.52 bits per heavy atom. The third-order valence-electron chi connectivity index (χ3n) is 6.78. The van der Waals surface area contributed by atoms with E-state index in [1.807, 2.05) is 0 Å². The lowest BCUT2D eigenvalue weighted by molar-refractivity contribution is 0.255. The number of para-hydroxylation sites is 3. The molecule has 0 bridgehead atoms. The van der Waals surface area contributed by atoms with Gasteiger partial charge in [-0.15, -0.1) is 12.4 Å². The van der Waals surface area contributed by atoms with Gasteiger partial charge in [0.1, 0.15) is 18.1 Å². The van der Waals surface area contributed by atoms with Crippen LogP contribution in [0.3, 0.4) is 0 Å². The average molecular weight is 465 g/mol. The average Bonchev–Trinajstić information content (AvgIpc) is 3.22. The molecule has 33 heavy (non-hydrogen) atoms. The first-order valence-corrected chi connectivity index (χ1v) is 11.8. The topological polar surface area (TPSA) is 24.9 Å². The molecule has 0 radical (unpaired) electrons. The van der Waals surface area contributed by atoms with E-state index >= 15 is 0 Å². The highest BCUT2D eigenvalue weighted by Gasteiger charge is 2.29. The Morgan fingerprint density at radius 2 is 1.70 bits per heavy atom. The molecule has 2 heterocycles. The van der Waals surface area contributed by atoms with Crippen molar-refractivity contribution in [1.29, 1.82) is 0 Å². The van der Waals surface area contributed by atoms with Crippen LogP contribution in [-0.2, 0) is 13.0 Å². The third-order valence-corrected chi connectivity index (χ3v) is 6.78. The van der Waals surface area contributed by atoms with Gasteiger partial charge in [0.05, 0.1) is 12.8 Å². The van der Waals surface area contributed by atoms with E-state index in [0.29, 0.717) is 12.6 Å². The highest BCUT2D eigenvalue weighted by atomic mass is 35.5. The number of likely N-dealkylation sites (tertiary alicyclic amines) is 1. The fourth-order valence-electron chi connectivity index (χ4n) is 5.07. The van der Waals surface area contributed by atoms with Gasteiger partial charge >= 0.3 is 0 Å². The van der Waals surface area contributed by atoms with Crippen LogP contribution in [0, 0.1) is 0 Å². The molecule has 2 aliphatic heterocycles. The number of hydrogen-bond donors (Lipinski definition) is 0. The zero-order valence-electron chi connectivity index (χ0n) is 19.3. The van der Waals surface area contributed by atoms with Crippen molar-refractivity contribution in [1.82, 2.24) is 4.90 Å². The van der Waals surface area contributed by atoms with Crippen molar-refractivity contribution in [3.8, 4) is 11.5 Å². The molecule has 1 saturated heterocycles. The number of anilines is 2. The van der Waals surface area contributed by atoms with Gasteiger partial charge in [0.2, 0.25) is 0 Å². The van der Waals surface area contributed by atoms with Crippen LogP contribution in [0.1, 0.15) is 30.4 Å². The van der Waals surface area contributed by atoms with Crippen molar-refractivity contribution in [2.75, 3.05) is 31.6 Å². The summed E-state index contributed by atoms with van der Waals surface area (Å²) in [4.78, 5) is 5.19. The third kappa shape index (κ3) is 5.29. The van der Waals surface area contributed by atoms with Gasteiger partial charge in [0.15, 0.2) is 0 Å². The van der Waals surface area contributed by atoms with Crippen LogP contribution in [0.4, 0.5) is 11.4 Å². The Kier molecular flexibility index (Phi) is 7.79. The van der Waals surface area contributed by atoms with Gasteiger partial charge in [0.25, 0.3) is 0 Å². The minimum absolute atomic E-state index is 0. The minimum atomic E-state index is 0. The van der Waals surface area contributed by atoms with E-state index in [1.165, 1.54) is 48.3 Å². The molecule has 0 aliphatic carbocycles. The molecular formula is C28H33ClN2O2. The summed E-state index contributed by atoms with van der Waals surface area (Å²) in [7, 11) is 1.72. The smallest absolute Gasteiger partial charge is 0.143 e. The molecule has 1 atom stereocenters. The molecule has 0 spiro atoms. The monoisotopic (exact) mass is 464 g/mol. The second-order valence-electron chi connectivity index (χ2n) is 8.78. The van der Waals surface area contributed by atoms with Crippen LogP contribution in [-0.4, -0.2) is 37.7 Å². The molecule has 2 aliphatic rings. The van der Waals surface area contributed by atoms with Crippen LogP contribution in [0.5, 0.6) is 11.5 Å². The fraction of sp³-hybridized carbons (Fsp3) is 0.357. The van der Waals surface area contributed by atoms with Gasteiger partial charge in [-0.2, -0.15) is 0 Å². The van der Waals surface area contributed by atoms with Crippen molar-refractivity contribution < 1.29 is 9.47 Å². The number of ether oxygens (including phenoxy) is 2. The molecule has 4 nitrogen and oxygen atoms in total. The molecule has 0 amide bonds. The molecule has 0 saturated carbocycles. The van der Waals surface area contributed by atoms with E-state index in [9.17, 15) is 0 Å². The summed E-state index contributed by atoms with van der Waals surface area (Å²) in [5.74, 6) is 1.91. The molecule has 0 aromatic heterocycles. The quantitative estimate of drug-likeness (QED) is 0.413. The van der Waals surface area contributed by atoms with Crippen molar-refractivity contribution in [2.24, 2.45) is 0 Å². The first-order chi connectivity index (χ1) is 15.8. The second kappa shape index (κ2) is 11.0. The number of benzene rings is 3. The van der Waals surface area contributed by atoms with Crippen LogP contribution >= 0.6 is 12.4 Å². The van der Waals surface area contributed by atoms with Crippen LogP contribution < -0.4 is 14.4 Å². The zero-order valence-corrected chi connectivity index (χ0v) is 20.1. The van der Waals surface area contributed by atoms with E-state index in [0.717, 1.165) is 31.0 Å². The van der Waals surface area contributed by atoms with E-state index in [-0.39, 0.29) is 12.4 Å². The minimum Gasteiger partial charge on any atom is -0.497 e. The summed E-state index contributed by atoms with van der Waals surface area (Å²) in [6.07, 6.45) is 4.82. The summed E-state index contributed by atoms with van der Waals surface area (Å²) < 4.78 is 11.4. The normalized spacial score (nSPS) is 17.4. The first-order valence-electron chi connectivity index (χ1n) is 11.8. The summed E-state index contributed by atoms with van der Waals surface area (Å²) in [5, 5.41) is 0. The highest BCUT2D eigenvalue weighted by Crippen LogP contribution is 2.40. The van der Waals surface area contributed by atoms with Crippen molar-refractivity contribution in [3.63, 3.8) is 0 Å². The lowest BCUT2D eigenvalue weighted by Crippen LogP contribution is -2.39.